The van der Waals surface area contributed by atoms with Gasteiger partial charge in [0.25, 0.3) is 0 Å². The van der Waals surface area contributed by atoms with Gasteiger partial charge in [0.2, 0.25) is 0 Å². The highest BCUT2D eigenvalue weighted by molar-refractivity contribution is 5.78. The summed E-state index contributed by atoms with van der Waals surface area (Å²) >= 11 is 0. The molecule has 0 atom stereocenters. The first-order chi connectivity index (χ1) is 7.65. The number of ketones is 1. The molecule has 0 bridgehead atoms. The van der Waals surface area contributed by atoms with Crippen molar-refractivity contribution >= 4 is 11.8 Å². The largest absolute Gasteiger partial charge is 0.335 e. The molecule has 2 rings (SSSR count). The monoisotopic (exact) mass is 224 g/mol. The molecule has 0 heterocycles. The van der Waals surface area contributed by atoms with E-state index in [4.69, 9.17) is 0 Å². The Morgan fingerprint density at radius 1 is 0.875 bits per heavy atom. The van der Waals surface area contributed by atoms with Crippen molar-refractivity contribution in [1.82, 2.24) is 10.6 Å². The number of urea groups is 1. The Hall–Kier alpha value is -1.06. The number of hydrogen-bond donors (Lipinski definition) is 2. The van der Waals surface area contributed by atoms with Crippen molar-refractivity contribution in [3.8, 4) is 0 Å². The topological polar surface area (TPSA) is 58.2 Å². The van der Waals surface area contributed by atoms with Gasteiger partial charge in [-0.2, -0.15) is 0 Å². The molecule has 2 N–H and O–H groups in total. The Balaban J connectivity index is 1.67. The number of nitrogens with one attached hydrogen (secondary N) is 2. The average molecular weight is 224 g/mol. The van der Waals surface area contributed by atoms with E-state index >= 15 is 0 Å². The van der Waals surface area contributed by atoms with Crippen molar-refractivity contribution in [1.29, 1.82) is 0 Å². The lowest BCUT2D eigenvalue weighted by Crippen LogP contribution is -2.44. The van der Waals surface area contributed by atoms with E-state index in [0.717, 1.165) is 38.5 Å². The molecule has 2 saturated carbocycles. The van der Waals surface area contributed by atoms with Crippen LogP contribution in [0.4, 0.5) is 4.79 Å². The second-order valence-electron chi connectivity index (χ2n) is 5.05. The van der Waals surface area contributed by atoms with Crippen molar-refractivity contribution in [2.45, 2.75) is 57.5 Å². The number of carbonyl (C=O) groups is 2. The maximum absolute atomic E-state index is 11.5. The van der Waals surface area contributed by atoms with Crippen LogP contribution in [0.1, 0.15) is 45.4 Å². The SMILES string of the molecule is CC(=O)C1CCC(NC(=O)NC2CC2)CC1. The molecule has 0 radical (unpaired) electrons. The first-order valence-electron chi connectivity index (χ1n) is 6.22. The summed E-state index contributed by atoms with van der Waals surface area (Å²) in [7, 11) is 0. The van der Waals surface area contributed by atoms with E-state index in [2.05, 4.69) is 10.6 Å². The predicted octanol–water partition coefficient (Wildman–Crippen LogP) is 1.60. The molecular formula is C12H20N2O2. The number of hydrogen-bond acceptors (Lipinski definition) is 2. The third-order valence-electron chi connectivity index (χ3n) is 3.55. The summed E-state index contributed by atoms with van der Waals surface area (Å²) in [5, 5.41) is 5.91. The quantitative estimate of drug-likeness (QED) is 0.765. The van der Waals surface area contributed by atoms with E-state index in [1.165, 1.54) is 0 Å². The molecule has 0 aromatic carbocycles. The van der Waals surface area contributed by atoms with Crippen molar-refractivity contribution in [2.75, 3.05) is 0 Å². The van der Waals surface area contributed by atoms with Crippen LogP contribution in [0.3, 0.4) is 0 Å². The third-order valence-corrected chi connectivity index (χ3v) is 3.55. The smallest absolute Gasteiger partial charge is 0.315 e. The molecule has 2 aliphatic carbocycles. The Kier molecular flexibility index (Phi) is 3.46. The normalized spacial score (nSPS) is 29.6. The van der Waals surface area contributed by atoms with Crippen molar-refractivity contribution in [3.05, 3.63) is 0 Å². The summed E-state index contributed by atoms with van der Waals surface area (Å²) in [6.07, 6.45) is 5.94. The molecule has 4 heteroatoms. The molecule has 4 nitrogen and oxygen atoms in total. The van der Waals surface area contributed by atoms with Crippen molar-refractivity contribution < 1.29 is 9.59 Å². The summed E-state index contributed by atoms with van der Waals surface area (Å²) in [5.74, 6) is 0.519. The average Bonchev–Trinajstić information content (AvgIpc) is 3.02. The van der Waals surface area contributed by atoms with E-state index in [-0.39, 0.29) is 18.0 Å². The van der Waals surface area contributed by atoms with Crippen LogP contribution in [0.5, 0.6) is 0 Å². The molecule has 0 aromatic heterocycles. The molecule has 90 valence electrons. The van der Waals surface area contributed by atoms with Crippen LogP contribution in [-0.4, -0.2) is 23.9 Å². The second kappa shape index (κ2) is 4.85. The molecule has 0 saturated heterocycles. The van der Waals surface area contributed by atoms with Crippen LogP contribution in [0.15, 0.2) is 0 Å². The fourth-order valence-corrected chi connectivity index (χ4v) is 2.28. The zero-order valence-corrected chi connectivity index (χ0v) is 9.79. The van der Waals surface area contributed by atoms with Gasteiger partial charge in [0.05, 0.1) is 0 Å². The molecule has 0 unspecified atom stereocenters. The fraction of sp³-hybridized carbons (Fsp3) is 0.833. The first-order valence-corrected chi connectivity index (χ1v) is 6.22. The van der Waals surface area contributed by atoms with Crippen LogP contribution < -0.4 is 10.6 Å². The van der Waals surface area contributed by atoms with Gasteiger partial charge in [0, 0.05) is 18.0 Å². The second-order valence-corrected chi connectivity index (χ2v) is 5.05. The van der Waals surface area contributed by atoms with Gasteiger partial charge in [-0.15, -0.1) is 0 Å². The van der Waals surface area contributed by atoms with Crippen LogP contribution >= 0.6 is 0 Å². The van der Waals surface area contributed by atoms with E-state index < -0.39 is 0 Å². The van der Waals surface area contributed by atoms with Crippen molar-refractivity contribution in [2.24, 2.45) is 5.92 Å². The van der Waals surface area contributed by atoms with Crippen LogP contribution in [0.25, 0.3) is 0 Å². The molecule has 0 aromatic rings. The molecule has 16 heavy (non-hydrogen) atoms. The maximum atomic E-state index is 11.5. The molecule has 0 spiro atoms. The predicted molar refractivity (Wildman–Crippen MR) is 61.1 cm³/mol. The van der Waals surface area contributed by atoms with Crippen LogP contribution in [-0.2, 0) is 4.79 Å². The van der Waals surface area contributed by atoms with Gasteiger partial charge < -0.3 is 10.6 Å². The van der Waals surface area contributed by atoms with Crippen molar-refractivity contribution in [3.63, 3.8) is 0 Å². The maximum Gasteiger partial charge on any atom is 0.315 e. The first kappa shape index (κ1) is 11.4. The minimum atomic E-state index is -0.0335. The minimum absolute atomic E-state index is 0.0335. The Labute approximate surface area is 96.2 Å². The van der Waals surface area contributed by atoms with Gasteiger partial charge in [0.15, 0.2) is 0 Å². The summed E-state index contributed by atoms with van der Waals surface area (Å²) in [4.78, 5) is 22.7. The lowest BCUT2D eigenvalue weighted by molar-refractivity contribution is -0.121. The van der Waals surface area contributed by atoms with E-state index in [1.54, 1.807) is 6.92 Å². The van der Waals surface area contributed by atoms with Gasteiger partial charge in [0.1, 0.15) is 5.78 Å². The Morgan fingerprint density at radius 3 is 1.69 bits per heavy atom. The highest BCUT2D eigenvalue weighted by Crippen LogP contribution is 2.25. The van der Waals surface area contributed by atoms with Crippen LogP contribution in [0.2, 0.25) is 0 Å². The minimum Gasteiger partial charge on any atom is -0.335 e. The molecular weight excluding hydrogens is 204 g/mol. The summed E-state index contributed by atoms with van der Waals surface area (Å²) < 4.78 is 0. The van der Waals surface area contributed by atoms with Gasteiger partial charge >= 0.3 is 6.03 Å². The number of rotatable bonds is 3. The van der Waals surface area contributed by atoms with Crippen LogP contribution in [0, 0.1) is 5.92 Å². The van der Waals surface area contributed by atoms with Gasteiger partial charge in [-0.25, -0.2) is 4.79 Å². The molecule has 2 fully saturated rings. The molecule has 2 amide bonds. The van der Waals surface area contributed by atoms with E-state index in [1.807, 2.05) is 0 Å². The summed E-state index contributed by atoms with van der Waals surface area (Å²) in [6.45, 7) is 1.66. The summed E-state index contributed by atoms with van der Waals surface area (Å²) in [5.41, 5.74) is 0. The highest BCUT2D eigenvalue weighted by Gasteiger charge is 2.27. The Morgan fingerprint density at radius 2 is 1.31 bits per heavy atom. The zero-order chi connectivity index (χ0) is 11.5. The number of carbonyl (C=O) groups excluding carboxylic acids is 2. The van der Waals surface area contributed by atoms with Gasteiger partial charge in [-0.3, -0.25) is 4.79 Å². The van der Waals surface area contributed by atoms with E-state index in [9.17, 15) is 9.59 Å². The van der Waals surface area contributed by atoms with Gasteiger partial charge in [-0.05, 0) is 45.4 Å². The summed E-state index contributed by atoms with van der Waals surface area (Å²) in [6, 6.07) is 0.636. The lowest BCUT2D eigenvalue weighted by Gasteiger charge is -2.27. The Bertz CT molecular complexity index is 279. The van der Waals surface area contributed by atoms with Gasteiger partial charge in [-0.1, -0.05) is 0 Å². The fourth-order valence-electron chi connectivity index (χ4n) is 2.28. The molecule has 0 aliphatic heterocycles. The lowest BCUT2D eigenvalue weighted by atomic mass is 9.84. The van der Waals surface area contributed by atoms with E-state index in [0.29, 0.717) is 11.8 Å². The number of amides is 2. The zero-order valence-electron chi connectivity index (χ0n) is 9.79. The number of Topliss-reactive ketones (excluding diaryl/α,β-unsaturated/α-hetero) is 1. The third kappa shape index (κ3) is 3.22. The molecule has 2 aliphatic rings. The standard InChI is InChI=1S/C12H20N2O2/c1-8(15)9-2-4-10(5-3-9)13-12(16)14-11-6-7-11/h9-11H,2-7H2,1H3,(H2,13,14,16). The highest BCUT2D eigenvalue weighted by atomic mass is 16.2.